The zero-order valence-electron chi connectivity index (χ0n) is 15.7. The van der Waals surface area contributed by atoms with E-state index in [2.05, 4.69) is 15.5 Å². The molecule has 2 aromatic rings. The van der Waals surface area contributed by atoms with Crippen molar-refractivity contribution < 1.29 is 22.5 Å². The van der Waals surface area contributed by atoms with Crippen LogP contribution in [-0.2, 0) is 12.7 Å². The Bertz CT molecular complexity index is 796. The summed E-state index contributed by atoms with van der Waals surface area (Å²) in [5.74, 6) is 0.892. The molecule has 3 rings (SSSR count). The van der Waals surface area contributed by atoms with Crippen LogP contribution in [0.1, 0.15) is 35.8 Å². The molecule has 7 nitrogen and oxygen atoms in total. The third kappa shape index (κ3) is 4.73. The van der Waals surface area contributed by atoms with Crippen molar-refractivity contribution in [1.82, 2.24) is 20.4 Å². The number of carbonyl (C=O) groups is 1. The van der Waals surface area contributed by atoms with Crippen LogP contribution in [0.3, 0.4) is 0 Å². The van der Waals surface area contributed by atoms with Crippen molar-refractivity contribution in [3.63, 3.8) is 0 Å². The van der Waals surface area contributed by atoms with Crippen LogP contribution in [0.2, 0.25) is 0 Å². The van der Waals surface area contributed by atoms with Crippen LogP contribution in [0.25, 0.3) is 0 Å². The lowest BCUT2D eigenvalue weighted by Gasteiger charge is -2.32. The first-order chi connectivity index (χ1) is 13.2. The third-order valence-corrected chi connectivity index (χ3v) is 4.74. The number of nitrogens with zero attached hydrogens (tertiary/aromatic N) is 4. The van der Waals surface area contributed by atoms with Gasteiger partial charge in [0.25, 0.3) is 5.95 Å². The van der Waals surface area contributed by atoms with E-state index in [0.29, 0.717) is 37.8 Å². The maximum atomic E-state index is 12.7. The van der Waals surface area contributed by atoms with Crippen LogP contribution in [-0.4, -0.2) is 48.3 Å². The third-order valence-electron chi connectivity index (χ3n) is 4.74. The molecule has 1 aliphatic heterocycles. The second kappa shape index (κ2) is 8.07. The number of urea groups is 1. The molecule has 10 heteroatoms. The van der Waals surface area contributed by atoms with E-state index < -0.39 is 11.7 Å². The highest BCUT2D eigenvalue weighted by Crippen LogP contribution is 2.32. The molecule has 0 aliphatic carbocycles. The van der Waals surface area contributed by atoms with Gasteiger partial charge < -0.3 is 19.6 Å². The van der Waals surface area contributed by atoms with Gasteiger partial charge in [0.05, 0.1) is 12.1 Å². The Balaban J connectivity index is 1.48. The summed E-state index contributed by atoms with van der Waals surface area (Å²) in [6.45, 7) is 1.20. The predicted octanol–water partition coefficient (Wildman–Crippen LogP) is 3.24. The second-order valence-corrected chi connectivity index (χ2v) is 6.92. The normalized spacial score (nSPS) is 15.5. The van der Waals surface area contributed by atoms with Crippen LogP contribution in [0, 0.1) is 0 Å². The largest absolute Gasteiger partial charge is 0.416 e. The number of amides is 2. The Labute approximate surface area is 160 Å². The molecule has 1 saturated heterocycles. The van der Waals surface area contributed by atoms with Gasteiger partial charge in [-0.15, -0.1) is 0 Å². The molecule has 152 valence electrons. The first-order valence-electron chi connectivity index (χ1n) is 8.94. The molecule has 0 radical (unpaired) electrons. The van der Waals surface area contributed by atoms with Crippen LogP contribution in [0.5, 0.6) is 0 Å². The lowest BCUT2D eigenvalue weighted by atomic mass is 9.89. The first-order valence-corrected chi connectivity index (χ1v) is 8.94. The van der Waals surface area contributed by atoms with Crippen molar-refractivity contribution in [2.45, 2.75) is 31.5 Å². The van der Waals surface area contributed by atoms with E-state index >= 15 is 0 Å². The molecule has 0 bridgehead atoms. The van der Waals surface area contributed by atoms with E-state index in [1.807, 2.05) is 0 Å². The minimum Gasteiger partial charge on any atom is -0.344 e. The van der Waals surface area contributed by atoms with E-state index in [1.165, 1.54) is 12.1 Å². The minimum atomic E-state index is -4.33. The van der Waals surface area contributed by atoms with Crippen molar-refractivity contribution in [3.05, 3.63) is 41.3 Å². The second-order valence-electron chi connectivity index (χ2n) is 6.92. The number of alkyl halides is 3. The fourth-order valence-electron chi connectivity index (χ4n) is 3.12. The van der Waals surface area contributed by atoms with Gasteiger partial charge in [0.2, 0.25) is 5.89 Å². The number of carbonyl (C=O) groups excluding carboxylic acids is 1. The highest BCUT2D eigenvalue weighted by Gasteiger charge is 2.31. The van der Waals surface area contributed by atoms with Crippen molar-refractivity contribution in [1.29, 1.82) is 0 Å². The molecule has 2 heterocycles. The van der Waals surface area contributed by atoms with E-state index in [1.54, 1.807) is 23.9 Å². The maximum absolute atomic E-state index is 12.7. The fraction of sp³-hybridized carbons (Fsp3) is 0.500. The molecule has 28 heavy (non-hydrogen) atoms. The summed E-state index contributed by atoms with van der Waals surface area (Å²) in [5, 5.41) is 6.52. The summed E-state index contributed by atoms with van der Waals surface area (Å²) in [6.07, 6.45) is -2.93. The summed E-state index contributed by atoms with van der Waals surface area (Å²) >= 11 is 0. The standard InChI is InChI=1S/C18H22F3N5O2/c1-25(2)16-23-15(28-24-16)11-22-17(27)26-9-7-13(8-10-26)12-3-5-14(6-4-12)18(19,20)21/h3-6,13H,7-11H2,1-2H3,(H,22,27). The number of rotatable bonds is 4. The Morgan fingerprint density at radius 2 is 1.89 bits per heavy atom. The number of nitrogens with one attached hydrogen (secondary N) is 1. The van der Waals surface area contributed by atoms with Gasteiger partial charge in [-0.05, 0) is 41.6 Å². The van der Waals surface area contributed by atoms with Crippen LogP contribution < -0.4 is 10.2 Å². The van der Waals surface area contributed by atoms with Crippen molar-refractivity contribution in [2.75, 3.05) is 32.1 Å². The highest BCUT2D eigenvalue weighted by atomic mass is 19.4. The Hall–Kier alpha value is -2.78. The number of halogens is 3. The molecule has 0 unspecified atom stereocenters. The van der Waals surface area contributed by atoms with Gasteiger partial charge in [0.1, 0.15) is 0 Å². The molecule has 1 aliphatic rings. The molecule has 2 amide bonds. The van der Waals surface area contributed by atoms with E-state index in [4.69, 9.17) is 4.52 Å². The Morgan fingerprint density at radius 3 is 2.43 bits per heavy atom. The summed E-state index contributed by atoms with van der Waals surface area (Å²) in [6, 6.07) is 5.06. The van der Waals surface area contributed by atoms with E-state index in [9.17, 15) is 18.0 Å². The highest BCUT2D eigenvalue weighted by molar-refractivity contribution is 5.74. The van der Waals surface area contributed by atoms with Gasteiger partial charge in [-0.3, -0.25) is 0 Å². The SMILES string of the molecule is CN(C)c1noc(CNC(=O)N2CCC(c3ccc(C(F)(F)F)cc3)CC2)n1. The molecule has 1 aromatic carbocycles. The molecular weight excluding hydrogens is 375 g/mol. The number of aromatic nitrogens is 2. The van der Waals surface area contributed by atoms with Gasteiger partial charge in [-0.25, -0.2) is 4.79 Å². The smallest absolute Gasteiger partial charge is 0.344 e. The molecule has 0 atom stereocenters. The van der Waals surface area contributed by atoms with E-state index in [0.717, 1.165) is 17.7 Å². The first kappa shape index (κ1) is 20.0. The monoisotopic (exact) mass is 397 g/mol. The van der Waals surface area contributed by atoms with Crippen LogP contribution >= 0.6 is 0 Å². The Kier molecular flexibility index (Phi) is 5.76. The number of anilines is 1. The summed E-state index contributed by atoms with van der Waals surface area (Å²) in [5.41, 5.74) is 0.224. The quantitative estimate of drug-likeness (QED) is 0.857. The lowest BCUT2D eigenvalue weighted by molar-refractivity contribution is -0.137. The number of hydrogen-bond acceptors (Lipinski definition) is 5. The molecule has 1 aromatic heterocycles. The average molecular weight is 397 g/mol. The molecular formula is C18H22F3N5O2. The van der Waals surface area contributed by atoms with Gasteiger partial charge in [-0.2, -0.15) is 18.2 Å². The number of hydrogen-bond donors (Lipinski definition) is 1. The topological polar surface area (TPSA) is 74.5 Å². The van der Waals surface area contributed by atoms with Crippen molar-refractivity contribution >= 4 is 12.0 Å². The maximum Gasteiger partial charge on any atom is 0.416 e. The average Bonchev–Trinajstić information content (AvgIpc) is 3.15. The molecule has 0 spiro atoms. The lowest BCUT2D eigenvalue weighted by Crippen LogP contribution is -2.43. The van der Waals surface area contributed by atoms with Gasteiger partial charge in [0, 0.05) is 27.2 Å². The fourth-order valence-corrected chi connectivity index (χ4v) is 3.12. The van der Waals surface area contributed by atoms with Gasteiger partial charge in [-0.1, -0.05) is 12.1 Å². The minimum absolute atomic E-state index is 0.137. The zero-order valence-corrected chi connectivity index (χ0v) is 15.7. The Morgan fingerprint density at radius 1 is 1.25 bits per heavy atom. The predicted molar refractivity (Wildman–Crippen MR) is 95.9 cm³/mol. The van der Waals surface area contributed by atoms with Crippen LogP contribution in [0.15, 0.2) is 28.8 Å². The van der Waals surface area contributed by atoms with Crippen molar-refractivity contribution in [3.8, 4) is 0 Å². The molecule has 0 saturated carbocycles. The van der Waals surface area contributed by atoms with Crippen molar-refractivity contribution in [2.24, 2.45) is 0 Å². The summed E-state index contributed by atoms with van der Waals surface area (Å²) in [7, 11) is 3.57. The van der Waals surface area contributed by atoms with E-state index in [-0.39, 0.29) is 18.5 Å². The summed E-state index contributed by atoms with van der Waals surface area (Å²) < 4.78 is 43.1. The van der Waals surface area contributed by atoms with Gasteiger partial charge in [0.15, 0.2) is 0 Å². The number of likely N-dealkylation sites (tertiary alicyclic amines) is 1. The van der Waals surface area contributed by atoms with Gasteiger partial charge >= 0.3 is 12.2 Å². The molecule has 1 N–H and O–H groups in total. The number of piperidine rings is 1. The van der Waals surface area contributed by atoms with Crippen LogP contribution in [0.4, 0.5) is 23.9 Å². The number of benzene rings is 1. The zero-order chi connectivity index (χ0) is 20.3. The summed E-state index contributed by atoms with van der Waals surface area (Å²) in [4.78, 5) is 19.8. The molecule has 1 fully saturated rings.